The van der Waals surface area contributed by atoms with Crippen LogP contribution >= 0.6 is 0 Å². The normalized spacial score (nSPS) is 35.9. The molecule has 14 heavy (non-hydrogen) atoms. The van der Waals surface area contributed by atoms with Crippen LogP contribution in [0.25, 0.3) is 0 Å². The quantitative estimate of drug-likeness (QED) is 0.632. The van der Waals surface area contributed by atoms with E-state index in [1.54, 1.807) is 0 Å². The van der Waals surface area contributed by atoms with Gasteiger partial charge in [-0.2, -0.15) is 0 Å². The van der Waals surface area contributed by atoms with Crippen molar-refractivity contribution in [3.8, 4) is 0 Å². The van der Waals surface area contributed by atoms with Crippen LogP contribution < -0.4 is 0 Å². The highest BCUT2D eigenvalue weighted by Gasteiger charge is 2.43. The fraction of sp³-hybridized carbons (Fsp3) is 0.800. The van der Waals surface area contributed by atoms with Crippen LogP contribution in [0.2, 0.25) is 0 Å². The summed E-state index contributed by atoms with van der Waals surface area (Å²) >= 11 is 0. The van der Waals surface area contributed by atoms with Crippen molar-refractivity contribution in [3.05, 3.63) is 12.2 Å². The SMILES string of the molecule is C=C(C)COCC12COC(OC1)OC2. The molecule has 0 radical (unpaired) electrons. The molecule has 4 heteroatoms. The van der Waals surface area contributed by atoms with Gasteiger partial charge in [-0.05, 0) is 6.92 Å². The zero-order valence-electron chi connectivity index (χ0n) is 8.45. The fourth-order valence-electron chi connectivity index (χ4n) is 1.57. The van der Waals surface area contributed by atoms with Crippen LogP contribution in [0.3, 0.4) is 0 Å². The van der Waals surface area contributed by atoms with Crippen LogP contribution in [0, 0.1) is 5.41 Å². The second-order valence-corrected chi connectivity index (χ2v) is 4.17. The van der Waals surface area contributed by atoms with Gasteiger partial charge >= 0.3 is 0 Å². The van der Waals surface area contributed by atoms with E-state index in [-0.39, 0.29) is 5.41 Å². The van der Waals surface area contributed by atoms with Crippen LogP contribution in [0.1, 0.15) is 6.92 Å². The molecule has 0 aliphatic carbocycles. The predicted molar refractivity (Wildman–Crippen MR) is 49.7 cm³/mol. The van der Waals surface area contributed by atoms with E-state index in [9.17, 15) is 0 Å². The van der Waals surface area contributed by atoms with E-state index < -0.39 is 6.48 Å². The molecule has 0 aromatic carbocycles. The summed E-state index contributed by atoms with van der Waals surface area (Å²) in [7, 11) is 0. The van der Waals surface area contributed by atoms with Crippen molar-refractivity contribution < 1.29 is 18.9 Å². The van der Waals surface area contributed by atoms with E-state index in [2.05, 4.69) is 6.58 Å². The summed E-state index contributed by atoms with van der Waals surface area (Å²) in [6.45, 7) is 8.45. The van der Waals surface area contributed by atoms with Crippen LogP contribution in [-0.4, -0.2) is 39.5 Å². The Morgan fingerprint density at radius 3 is 2.43 bits per heavy atom. The van der Waals surface area contributed by atoms with Gasteiger partial charge < -0.3 is 18.9 Å². The average Bonchev–Trinajstić information content (AvgIpc) is 2.19. The third-order valence-electron chi connectivity index (χ3n) is 2.33. The largest absolute Gasteiger partial charge is 0.376 e. The monoisotopic (exact) mass is 200 g/mol. The molecule has 0 aromatic rings. The lowest BCUT2D eigenvalue weighted by Crippen LogP contribution is -2.54. The van der Waals surface area contributed by atoms with Gasteiger partial charge in [0, 0.05) is 0 Å². The molecule has 3 aliphatic rings. The maximum absolute atomic E-state index is 5.51. The summed E-state index contributed by atoms with van der Waals surface area (Å²) in [5, 5.41) is 0. The molecule has 3 fully saturated rings. The van der Waals surface area contributed by atoms with Gasteiger partial charge in [0.1, 0.15) is 0 Å². The zero-order chi connectivity index (χ0) is 10.0. The van der Waals surface area contributed by atoms with Crippen LogP contribution in [0.5, 0.6) is 0 Å². The van der Waals surface area contributed by atoms with Gasteiger partial charge in [0.2, 0.25) is 0 Å². The first-order chi connectivity index (χ1) is 6.70. The summed E-state index contributed by atoms with van der Waals surface area (Å²) in [6.07, 6.45) is 0. The van der Waals surface area contributed by atoms with Crippen LogP contribution in [0.15, 0.2) is 12.2 Å². The molecule has 0 aromatic heterocycles. The van der Waals surface area contributed by atoms with E-state index in [0.29, 0.717) is 33.0 Å². The van der Waals surface area contributed by atoms with Crippen molar-refractivity contribution in [2.45, 2.75) is 13.4 Å². The third kappa shape index (κ3) is 2.15. The van der Waals surface area contributed by atoms with Gasteiger partial charge in [-0.3, -0.25) is 0 Å². The molecule has 0 amide bonds. The highest BCUT2D eigenvalue weighted by molar-refractivity contribution is 4.89. The third-order valence-corrected chi connectivity index (χ3v) is 2.33. The molecule has 0 unspecified atom stereocenters. The standard InChI is InChI=1S/C10H16O4/c1-8(2)3-11-4-10-5-12-9(13-6-10)14-7-10/h9H,1,3-7H2,2H3. The first kappa shape index (κ1) is 10.1. The van der Waals surface area contributed by atoms with Crippen molar-refractivity contribution in [1.82, 2.24) is 0 Å². The highest BCUT2D eigenvalue weighted by Crippen LogP contribution is 2.32. The first-order valence-corrected chi connectivity index (χ1v) is 4.77. The lowest BCUT2D eigenvalue weighted by molar-refractivity contribution is -0.398. The maximum Gasteiger partial charge on any atom is 0.271 e. The molecule has 0 atom stereocenters. The summed E-state index contributed by atoms with van der Waals surface area (Å²) in [5.74, 6) is 0. The second-order valence-electron chi connectivity index (χ2n) is 4.17. The van der Waals surface area contributed by atoms with E-state index in [1.807, 2.05) is 6.92 Å². The van der Waals surface area contributed by atoms with Gasteiger partial charge in [0.15, 0.2) is 0 Å². The smallest absolute Gasteiger partial charge is 0.271 e. The first-order valence-electron chi connectivity index (χ1n) is 4.77. The summed E-state index contributed by atoms with van der Waals surface area (Å²) < 4.78 is 21.4. The fourth-order valence-corrected chi connectivity index (χ4v) is 1.57. The van der Waals surface area contributed by atoms with Crippen molar-refractivity contribution in [3.63, 3.8) is 0 Å². The molecule has 3 aliphatic heterocycles. The molecule has 2 bridgehead atoms. The van der Waals surface area contributed by atoms with E-state index in [4.69, 9.17) is 18.9 Å². The molecular formula is C10H16O4. The minimum Gasteiger partial charge on any atom is -0.376 e. The molecule has 3 heterocycles. The van der Waals surface area contributed by atoms with Crippen molar-refractivity contribution in [2.75, 3.05) is 33.0 Å². The Labute approximate surface area is 83.8 Å². The Bertz CT molecular complexity index is 204. The van der Waals surface area contributed by atoms with Gasteiger partial charge in [-0.1, -0.05) is 12.2 Å². The topological polar surface area (TPSA) is 36.9 Å². The highest BCUT2D eigenvalue weighted by atomic mass is 16.9. The predicted octanol–water partition coefficient (Wildman–Crippen LogP) is 0.926. The molecule has 0 spiro atoms. The van der Waals surface area contributed by atoms with E-state index in [0.717, 1.165) is 5.57 Å². The Morgan fingerprint density at radius 1 is 1.36 bits per heavy atom. The van der Waals surface area contributed by atoms with Gasteiger partial charge in [-0.15, -0.1) is 0 Å². The molecule has 80 valence electrons. The maximum atomic E-state index is 5.51. The Balaban J connectivity index is 1.80. The second kappa shape index (κ2) is 3.98. The van der Waals surface area contributed by atoms with Gasteiger partial charge in [0.05, 0.1) is 38.4 Å². The average molecular weight is 200 g/mol. The Morgan fingerprint density at radius 2 is 1.93 bits per heavy atom. The summed E-state index contributed by atoms with van der Waals surface area (Å²) in [6, 6.07) is 0. The van der Waals surface area contributed by atoms with E-state index in [1.165, 1.54) is 0 Å². The number of hydrogen-bond donors (Lipinski definition) is 0. The molecule has 0 saturated carbocycles. The van der Waals surface area contributed by atoms with Crippen LogP contribution in [0.4, 0.5) is 0 Å². The van der Waals surface area contributed by atoms with Gasteiger partial charge in [0.25, 0.3) is 6.48 Å². The molecule has 4 nitrogen and oxygen atoms in total. The lowest BCUT2D eigenvalue weighted by Gasteiger charge is -2.44. The minimum absolute atomic E-state index is 0.107. The minimum atomic E-state index is -0.446. The number of ether oxygens (including phenoxy) is 4. The van der Waals surface area contributed by atoms with Crippen molar-refractivity contribution >= 4 is 0 Å². The van der Waals surface area contributed by atoms with Crippen LogP contribution in [-0.2, 0) is 18.9 Å². The van der Waals surface area contributed by atoms with E-state index >= 15 is 0 Å². The molecule has 3 saturated heterocycles. The zero-order valence-corrected chi connectivity index (χ0v) is 8.45. The number of fused-ring (bicyclic) bond motifs is 3. The van der Waals surface area contributed by atoms with Gasteiger partial charge in [-0.25, -0.2) is 0 Å². The van der Waals surface area contributed by atoms with Crippen molar-refractivity contribution in [1.29, 1.82) is 0 Å². The number of hydrogen-bond acceptors (Lipinski definition) is 4. The Hall–Kier alpha value is -0.420. The lowest BCUT2D eigenvalue weighted by atomic mass is 9.91. The molecule has 3 rings (SSSR count). The van der Waals surface area contributed by atoms with Crippen molar-refractivity contribution in [2.24, 2.45) is 5.41 Å². The molecule has 0 N–H and O–H groups in total. The molecular weight excluding hydrogens is 184 g/mol. The Kier molecular flexibility index (Phi) is 2.88. The summed E-state index contributed by atoms with van der Waals surface area (Å²) in [5.41, 5.74) is 0.915. The summed E-state index contributed by atoms with van der Waals surface area (Å²) in [4.78, 5) is 0. The number of rotatable bonds is 4.